The second-order valence-electron chi connectivity index (χ2n) is 7.61. The van der Waals surface area contributed by atoms with Gasteiger partial charge in [0.2, 0.25) is 5.91 Å². The van der Waals surface area contributed by atoms with E-state index in [4.69, 9.17) is 34.8 Å². The van der Waals surface area contributed by atoms with E-state index in [9.17, 15) is 22.8 Å². The van der Waals surface area contributed by atoms with Gasteiger partial charge in [0.1, 0.15) is 6.54 Å². The van der Waals surface area contributed by atoms with Crippen molar-refractivity contribution in [3.63, 3.8) is 0 Å². The van der Waals surface area contributed by atoms with Crippen molar-refractivity contribution in [2.75, 3.05) is 13.6 Å². The number of nitrogens with zero attached hydrogens (tertiary/aromatic N) is 3. The van der Waals surface area contributed by atoms with E-state index >= 15 is 0 Å². The Bertz CT molecular complexity index is 1240. The topological polar surface area (TPSA) is 80.9 Å². The zero-order valence-corrected chi connectivity index (χ0v) is 20.6. The summed E-state index contributed by atoms with van der Waals surface area (Å²) >= 11 is 18.3. The van der Waals surface area contributed by atoms with Crippen molar-refractivity contribution in [3.8, 4) is 11.4 Å². The highest BCUT2D eigenvalue weighted by molar-refractivity contribution is 6.42. The summed E-state index contributed by atoms with van der Waals surface area (Å²) in [5.74, 6) is -0.597. The molecule has 0 saturated carbocycles. The first kappa shape index (κ1) is 27.1. The van der Waals surface area contributed by atoms with Gasteiger partial charge in [-0.1, -0.05) is 46.9 Å². The van der Waals surface area contributed by atoms with E-state index in [2.05, 4.69) is 15.7 Å². The predicted octanol–water partition coefficient (Wildman–Crippen LogP) is 4.70. The largest absolute Gasteiger partial charge is 0.390 e. The number of carbonyl (C=O) groups excluding carboxylic acids is 1. The zero-order chi connectivity index (χ0) is 25.8. The van der Waals surface area contributed by atoms with Crippen LogP contribution in [0.4, 0.5) is 13.2 Å². The minimum absolute atomic E-state index is 0.00613. The molecule has 0 aliphatic rings. The average molecular weight is 551 g/mol. The number of amides is 1. The monoisotopic (exact) mass is 549 g/mol. The number of aromatic nitrogens is 3. The van der Waals surface area contributed by atoms with Gasteiger partial charge < -0.3 is 10.6 Å². The first-order valence-electron chi connectivity index (χ1n) is 10.4. The molecular formula is C22H21Cl3F3N5O2. The minimum atomic E-state index is -4.48. The number of benzene rings is 2. The van der Waals surface area contributed by atoms with Crippen LogP contribution in [0.1, 0.15) is 18.0 Å². The fourth-order valence-electron chi connectivity index (χ4n) is 3.41. The van der Waals surface area contributed by atoms with Crippen LogP contribution < -0.4 is 16.3 Å². The summed E-state index contributed by atoms with van der Waals surface area (Å²) in [6.07, 6.45) is -5.71. The van der Waals surface area contributed by atoms with E-state index in [-0.39, 0.29) is 10.8 Å². The molecule has 0 aliphatic carbocycles. The Morgan fingerprint density at radius 1 is 1.11 bits per heavy atom. The van der Waals surface area contributed by atoms with Gasteiger partial charge >= 0.3 is 11.9 Å². The van der Waals surface area contributed by atoms with Crippen LogP contribution in [0.15, 0.2) is 47.3 Å². The molecule has 0 radical (unpaired) electrons. The lowest BCUT2D eigenvalue weighted by atomic mass is 10.1. The second-order valence-corrected chi connectivity index (χ2v) is 8.83. The molecule has 35 heavy (non-hydrogen) atoms. The van der Waals surface area contributed by atoms with Crippen molar-refractivity contribution in [2.45, 2.75) is 31.7 Å². The third kappa shape index (κ3) is 7.00. The molecule has 1 heterocycles. The summed E-state index contributed by atoms with van der Waals surface area (Å²) in [4.78, 5) is 25.7. The van der Waals surface area contributed by atoms with Crippen LogP contribution in [-0.4, -0.2) is 40.0 Å². The first-order valence-corrected chi connectivity index (χ1v) is 11.5. The number of hydrogen-bond acceptors (Lipinski definition) is 4. The average Bonchev–Trinajstić information content (AvgIpc) is 3.09. The van der Waals surface area contributed by atoms with E-state index in [0.29, 0.717) is 27.7 Å². The van der Waals surface area contributed by atoms with Crippen LogP contribution in [-0.2, 0) is 17.9 Å². The van der Waals surface area contributed by atoms with Crippen molar-refractivity contribution in [3.05, 3.63) is 73.6 Å². The maximum Gasteiger partial charge on any atom is 0.390 e. The van der Waals surface area contributed by atoms with Gasteiger partial charge in [-0.15, -0.1) is 5.10 Å². The molecule has 2 N–H and O–H groups in total. The van der Waals surface area contributed by atoms with E-state index in [0.717, 1.165) is 9.25 Å². The molecule has 188 valence electrons. The molecule has 0 spiro atoms. The lowest BCUT2D eigenvalue weighted by molar-refractivity contribution is -0.136. The third-order valence-electron chi connectivity index (χ3n) is 5.04. The van der Waals surface area contributed by atoms with Gasteiger partial charge in [-0.2, -0.15) is 13.2 Å². The fraction of sp³-hybridized carbons (Fsp3) is 0.318. The third-order valence-corrected chi connectivity index (χ3v) is 6.12. The van der Waals surface area contributed by atoms with Gasteiger partial charge in [0.15, 0.2) is 5.82 Å². The van der Waals surface area contributed by atoms with E-state index in [1.807, 2.05) is 0 Å². The summed E-state index contributed by atoms with van der Waals surface area (Å²) in [6, 6.07) is 10.5. The Hall–Kier alpha value is -2.53. The molecule has 1 atom stereocenters. The maximum atomic E-state index is 12.9. The van der Waals surface area contributed by atoms with Crippen molar-refractivity contribution in [1.82, 2.24) is 25.0 Å². The van der Waals surface area contributed by atoms with Crippen molar-refractivity contribution >= 4 is 40.7 Å². The van der Waals surface area contributed by atoms with E-state index in [1.165, 1.54) is 24.3 Å². The van der Waals surface area contributed by atoms with Crippen molar-refractivity contribution in [1.29, 1.82) is 0 Å². The molecule has 0 saturated heterocycles. The SMILES string of the molecule is CNCC(NC(=O)Cn1nc(-c2ccc(Cl)cc2)n(CCC(F)(F)F)c1=O)c1cccc(Cl)c1Cl. The number of carbonyl (C=O) groups is 1. The van der Waals surface area contributed by atoms with Crippen LogP contribution in [0, 0.1) is 0 Å². The normalized spacial score (nSPS) is 12.5. The number of nitrogens with one attached hydrogen (secondary N) is 2. The maximum absolute atomic E-state index is 12.9. The molecule has 0 fully saturated rings. The van der Waals surface area contributed by atoms with Gasteiger partial charge in [0.05, 0.1) is 22.5 Å². The lowest BCUT2D eigenvalue weighted by Gasteiger charge is -2.20. The fourth-order valence-corrected chi connectivity index (χ4v) is 3.97. The summed E-state index contributed by atoms with van der Waals surface area (Å²) in [6.45, 7) is -0.865. The number of hydrogen-bond donors (Lipinski definition) is 2. The molecule has 0 bridgehead atoms. The number of alkyl halides is 3. The molecule has 7 nitrogen and oxygen atoms in total. The van der Waals surface area contributed by atoms with Crippen LogP contribution in [0.3, 0.4) is 0 Å². The molecule has 1 amide bonds. The highest BCUT2D eigenvalue weighted by atomic mass is 35.5. The standard InChI is InChI=1S/C22H21Cl3F3N5O2/c1-29-11-17(15-3-2-4-16(24)19(15)25)30-18(34)12-33-21(35)32(10-9-22(26,27)28)20(31-33)13-5-7-14(23)8-6-13/h2-8,17,29H,9-12H2,1H3,(H,30,34). The zero-order valence-electron chi connectivity index (χ0n) is 18.4. The Morgan fingerprint density at radius 2 is 1.80 bits per heavy atom. The van der Waals surface area contributed by atoms with Crippen molar-refractivity contribution in [2.24, 2.45) is 0 Å². The van der Waals surface area contributed by atoms with Crippen LogP contribution >= 0.6 is 34.8 Å². The first-order chi connectivity index (χ1) is 16.5. The molecule has 3 aromatic rings. The number of likely N-dealkylation sites (N-methyl/N-ethyl adjacent to an activating group) is 1. The van der Waals surface area contributed by atoms with Gasteiger partial charge in [-0.25, -0.2) is 9.48 Å². The summed E-state index contributed by atoms with van der Waals surface area (Å²) in [5.41, 5.74) is 0.0960. The summed E-state index contributed by atoms with van der Waals surface area (Å²) in [7, 11) is 1.68. The Balaban J connectivity index is 1.89. The van der Waals surface area contributed by atoms with Gasteiger partial charge in [-0.3, -0.25) is 9.36 Å². The van der Waals surface area contributed by atoms with Crippen LogP contribution in [0.2, 0.25) is 15.1 Å². The Morgan fingerprint density at radius 3 is 2.43 bits per heavy atom. The second kappa shape index (κ2) is 11.5. The van der Waals surface area contributed by atoms with Crippen molar-refractivity contribution < 1.29 is 18.0 Å². The lowest BCUT2D eigenvalue weighted by Crippen LogP contribution is -2.39. The van der Waals surface area contributed by atoms with E-state index in [1.54, 1.807) is 25.2 Å². The summed E-state index contributed by atoms with van der Waals surface area (Å²) in [5, 5.41) is 10.8. The van der Waals surface area contributed by atoms with Gasteiger partial charge in [0, 0.05) is 23.7 Å². The molecule has 1 aromatic heterocycles. The number of halogens is 6. The van der Waals surface area contributed by atoms with Gasteiger partial charge in [-0.05, 0) is 42.9 Å². The smallest absolute Gasteiger partial charge is 0.346 e. The van der Waals surface area contributed by atoms with Crippen LogP contribution in [0.25, 0.3) is 11.4 Å². The Labute approximate surface area is 213 Å². The highest BCUT2D eigenvalue weighted by Crippen LogP contribution is 2.30. The summed E-state index contributed by atoms with van der Waals surface area (Å²) < 4.78 is 40.3. The number of rotatable bonds is 9. The van der Waals surface area contributed by atoms with Gasteiger partial charge in [0.25, 0.3) is 0 Å². The molecule has 3 rings (SSSR count). The molecule has 13 heteroatoms. The highest BCUT2D eigenvalue weighted by Gasteiger charge is 2.29. The Kier molecular flexibility index (Phi) is 8.87. The molecule has 1 unspecified atom stereocenters. The molecular weight excluding hydrogens is 530 g/mol. The quantitative estimate of drug-likeness (QED) is 0.405. The molecule has 0 aliphatic heterocycles. The molecule has 2 aromatic carbocycles. The minimum Gasteiger partial charge on any atom is -0.346 e. The van der Waals surface area contributed by atoms with Crippen LogP contribution in [0.5, 0.6) is 0 Å². The predicted molar refractivity (Wildman–Crippen MR) is 129 cm³/mol. The van der Waals surface area contributed by atoms with E-state index < -0.39 is 43.3 Å².